The molecular weight excluding hydrogens is 207 g/mol. The highest BCUT2D eigenvalue weighted by atomic mass is 32.1. The van der Waals surface area contributed by atoms with Gasteiger partial charge >= 0.3 is 0 Å². The molecule has 0 amide bonds. The van der Waals surface area contributed by atoms with E-state index in [1.54, 1.807) is 12.1 Å². The fourth-order valence-corrected chi connectivity index (χ4v) is 1.82. The molecule has 1 atom stereocenters. The third-order valence-electron chi connectivity index (χ3n) is 2.30. The van der Waals surface area contributed by atoms with Crippen LogP contribution >= 0.6 is 12.6 Å². The lowest BCUT2D eigenvalue weighted by atomic mass is 10.0. The predicted molar refractivity (Wildman–Crippen MR) is 63.7 cm³/mol. The summed E-state index contributed by atoms with van der Waals surface area (Å²) in [4.78, 5) is 0. The fourth-order valence-electron chi connectivity index (χ4n) is 1.47. The molecule has 2 aromatic rings. The molecule has 0 spiro atoms. The second kappa shape index (κ2) is 4.49. The number of benzene rings is 2. The van der Waals surface area contributed by atoms with E-state index in [9.17, 15) is 4.39 Å². The Morgan fingerprint density at radius 2 is 1.33 bits per heavy atom. The van der Waals surface area contributed by atoms with E-state index < -0.39 is 0 Å². The zero-order valence-electron chi connectivity index (χ0n) is 8.10. The van der Waals surface area contributed by atoms with Crippen molar-refractivity contribution < 1.29 is 4.39 Å². The molecule has 0 radical (unpaired) electrons. The van der Waals surface area contributed by atoms with Crippen LogP contribution in [0, 0.1) is 5.82 Å². The molecule has 0 unspecified atom stereocenters. The van der Waals surface area contributed by atoms with Crippen LogP contribution in [0.1, 0.15) is 16.4 Å². The summed E-state index contributed by atoms with van der Waals surface area (Å²) in [7, 11) is 0. The molecule has 0 N–H and O–H groups in total. The highest BCUT2D eigenvalue weighted by Crippen LogP contribution is 2.27. The van der Waals surface area contributed by atoms with Gasteiger partial charge in [0, 0.05) is 0 Å². The van der Waals surface area contributed by atoms with E-state index in [0.29, 0.717) is 0 Å². The van der Waals surface area contributed by atoms with Crippen LogP contribution in [0.4, 0.5) is 4.39 Å². The van der Waals surface area contributed by atoms with Crippen molar-refractivity contribution in [3.8, 4) is 0 Å². The molecule has 0 heterocycles. The molecule has 0 aliphatic carbocycles. The number of hydrogen-bond donors (Lipinski definition) is 1. The van der Waals surface area contributed by atoms with Crippen LogP contribution in [0.15, 0.2) is 54.6 Å². The number of hydrogen-bond acceptors (Lipinski definition) is 1. The molecule has 2 rings (SSSR count). The van der Waals surface area contributed by atoms with Crippen molar-refractivity contribution in [1.82, 2.24) is 0 Å². The lowest BCUT2D eigenvalue weighted by Crippen LogP contribution is -1.92. The minimum absolute atomic E-state index is 0.00630. The Morgan fingerprint density at radius 3 is 1.93 bits per heavy atom. The summed E-state index contributed by atoms with van der Waals surface area (Å²) in [5, 5.41) is 0.00630. The summed E-state index contributed by atoms with van der Waals surface area (Å²) in [6.07, 6.45) is 0. The van der Waals surface area contributed by atoms with Gasteiger partial charge in [0.15, 0.2) is 0 Å². The van der Waals surface area contributed by atoms with Gasteiger partial charge in [0.05, 0.1) is 5.25 Å². The maximum Gasteiger partial charge on any atom is 0.123 e. The molecule has 15 heavy (non-hydrogen) atoms. The van der Waals surface area contributed by atoms with Gasteiger partial charge in [-0.2, -0.15) is 12.6 Å². The quantitative estimate of drug-likeness (QED) is 0.727. The first-order chi connectivity index (χ1) is 7.27. The Hall–Kier alpha value is -1.28. The topological polar surface area (TPSA) is 0 Å². The third kappa shape index (κ3) is 2.39. The zero-order valence-corrected chi connectivity index (χ0v) is 8.99. The number of halogens is 1. The van der Waals surface area contributed by atoms with Crippen molar-refractivity contribution in [2.75, 3.05) is 0 Å². The predicted octanol–water partition coefficient (Wildman–Crippen LogP) is 3.84. The van der Waals surface area contributed by atoms with Crippen LogP contribution in [0.2, 0.25) is 0 Å². The molecule has 76 valence electrons. The Kier molecular flexibility index (Phi) is 3.07. The van der Waals surface area contributed by atoms with Gasteiger partial charge in [-0.25, -0.2) is 4.39 Å². The Bertz CT molecular complexity index is 422. The van der Waals surface area contributed by atoms with Crippen LogP contribution in [-0.4, -0.2) is 0 Å². The molecule has 0 fully saturated rings. The highest BCUT2D eigenvalue weighted by molar-refractivity contribution is 7.80. The second-order valence-corrected chi connectivity index (χ2v) is 3.88. The zero-order chi connectivity index (χ0) is 10.7. The smallest absolute Gasteiger partial charge is 0.123 e. The van der Waals surface area contributed by atoms with Gasteiger partial charge in [0.25, 0.3) is 0 Å². The maximum absolute atomic E-state index is 12.7. The summed E-state index contributed by atoms with van der Waals surface area (Å²) in [6, 6.07) is 16.4. The Morgan fingerprint density at radius 1 is 0.800 bits per heavy atom. The monoisotopic (exact) mass is 218 g/mol. The van der Waals surface area contributed by atoms with E-state index in [1.165, 1.54) is 12.1 Å². The molecule has 2 aromatic carbocycles. The van der Waals surface area contributed by atoms with Crippen molar-refractivity contribution in [1.29, 1.82) is 0 Å². The van der Waals surface area contributed by atoms with E-state index in [1.807, 2.05) is 30.3 Å². The van der Waals surface area contributed by atoms with Gasteiger partial charge in [0.1, 0.15) is 5.82 Å². The van der Waals surface area contributed by atoms with Crippen LogP contribution in [0.3, 0.4) is 0 Å². The van der Waals surface area contributed by atoms with E-state index in [-0.39, 0.29) is 11.1 Å². The lowest BCUT2D eigenvalue weighted by molar-refractivity contribution is 0.627. The minimum atomic E-state index is -0.215. The first-order valence-electron chi connectivity index (χ1n) is 4.76. The molecule has 0 saturated carbocycles. The van der Waals surface area contributed by atoms with Crippen LogP contribution in [0.25, 0.3) is 0 Å². The van der Waals surface area contributed by atoms with Crippen molar-refractivity contribution in [3.63, 3.8) is 0 Å². The molecule has 0 aliphatic rings. The van der Waals surface area contributed by atoms with Gasteiger partial charge in [-0.05, 0) is 23.3 Å². The van der Waals surface area contributed by atoms with Crippen LogP contribution < -0.4 is 0 Å². The van der Waals surface area contributed by atoms with Gasteiger partial charge < -0.3 is 0 Å². The van der Waals surface area contributed by atoms with Crippen molar-refractivity contribution in [2.24, 2.45) is 0 Å². The van der Waals surface area contributed by atoms with E-state index in [4.69, 9.17) is 0 Å². The van der Waals surface area contributed by atoms with Crippen molar-refractivity contribution >= 4 is 12.6 Å². The molecular formula is C13H11FS. The standard InChI is InChI=1S/C13H11FS/c14-12-8-6-11(7-9-12)13(15)10-4-2-1-3-5-10/h1-9,13,15H/t13-/m0/s1. The van der Waals surface area contributed by atoms with Gasteiger partial charge in [-0.1, -0.05) is 42.5 Å². The minimum Gasteiger partial charge on any atom is -0.207 e. The van der Waals surface area contributed by atoms with Gasteiger partial charge in [-0.15, -0.1) is 0 Å². The molecule has 0 saturated heterocycles. The summed E-state index contributed by atoms with van der Waals surface area (Å²) in [6.45, 7) is 0. The fraction of sp³-hybridized carbons (Fsp3) is 0.0769. The first kappa shape index (κ1) is 10.2. The molecule has 0 aliphatic heterocycles. The Labute approximate surface area is 94.2 Å². The Balaban J connectivity index is 2.29. The molecule has 2 heteroatoms. The molecule has 0 aromatic heterocycles. The SMILES string of the molecule is Fc1ccc([C@@H](S)c2ccccc2)cc1. The highest BCUT2D eigenvalue weighted by Gasteiger charge is 2.07. The van der Waals surface area contributed by atoms with E-state index >= 15 is 0 Å². The summed E-state index contributed by atoms with van der Waals surface area (Å²) >= 11 is 4.52. The maximum atomic E-state index is 12.7. The van der Waals surface area contributed by atoms with E-state index in [2.05, 4.69) is 12.6 Å². The summed E-state index contributed by atoms with van der Waals surface area (Å²) in [5.74, 6) is -0.215. The number of rotatable bonds is 2. The van der Waals surface area contributed by atoms with E-state index in [0.717, 1.165) is 11.1 Å². The average Bonchev–Trinajstić information content (AvgIpc) is 2.30. The number of thiol groups is 1. The largest absolute Gasteiger partial charge is 0.207 e. The van der Waals surface area contributed by atoms with Crippen LogP contribution in [-0.2, 0) is 0 Å². The normalized spacial score (nSPS) is 12.4. The van der Waals surface area contributed by atoms with Crippen molar-refractivity contribution in [3.05, 3.63) is 71.5 Å². The summed E-state index contributed by atoms with van der Waals surface area (Å²) < 4.78 is 12.7. The van der Waals surface area contributed by atoms with Crippen molar-refractivity contribution in [2.45, 2.75) is 5.25 Å². The van der Waals surface area contributed by atoms with Gasteiger partial charge in [-0.3, -0.25) is 0 Å². The molecule has 0 nitrogen and oxygen atoms in total. The average molecular weight is 218 g/mol. The molecule has 0 bridgehead atoms. The van der Waals surface area contributed by atoms with Crippen LogP contribution in [0.5, 0.6) is 0 Å². The lowest BCUT2D eigenvalue weighted by Gasteiger charge is -2.11. The third-order valence-corrected chi connectivity index (χ3v) is 2.90. The second-order valence-electron chi connectivity index (χ2n) is 3.36. The first-order valence-corrected chi connectivity index (χ1v) is 5.27. The summed E-state index contributed by atoms with van der Waals surface area (Å²) in [5.41, 5.74) is 2.12. The van der Waals surface area contributed by atoms with Gasteiger partial charge in [0.2, 0.25) is 0 Å².